The van der Waals surface area contributed by atoms with Crippen LogP contribution < -0.4 is 9.80 Å². The van der Waals surface area contributed by atoms with Crippen LogP contribution in [0.15, 0.2) is 207 Å². The predicted octanol–water partition coefficient (Wildman–Crippen LogP) is 13.2. The predicted molar refractivity (Wildman–Crippen MR) is 217 cm³/mol. The van der Waals surface area contributed by atoms with E-state index in [1.54, 1.807) is 12.5 Å². The summed E-state index contributed by atoms with van der Waals surface area (Å²) in [7, 11) is 0. The van der Waals surface area contributed by atoms with Crippen molar-refractivity contribution in [2.75, 3.05) is 9.80 Å². The maximum Gasteiger partial charge on any atom is 0.204 e. The summed E-state index contributed by atoms with van der Waals surface area (Å²) in [4.78, 5) is 12.2. The summed E-state index contributed by atoms with van der Waals surface area (Å²) < 4.78 is 12.5. The standard InChI is InChI=1S/C48H31N3O2S/c1-3-15-32(16-4-1)50(43-26-13-29-52-43)39-23-11-19-35-45-38(48(46(35)39)36-21-7-9-24-41(36)54-42-25-10-8-22-37(42)48)31-40(34-20-12-28-49-47(34)45)51(44-27-14-30-53-44)33-17-5-2-6-18-33/h1-31H. The highest BCUT2D eigenvalue weighted by Gasteiger charge is 2.53. The van der Waals surface area contributed by atoms with Gasteiger partial charge in [0.15, 0.2) is 0 Å². The molecule has 0 atom stereocenters. The molecule has 4 heterocycles. The molecule has 5 nitrogen and oxygen atoms in total. The van der Waals surface area contributed by atoms with Crippen LogP contribution in [0.2, 0.25) is 0 Å². The highest BCUT2D eigenvalue weighted by molar-refractivity contribution is 7.99. The molecule has 0 saturated carbocycles. The van der Waals surface area contributed by atoms with Gasteiger partial charge in [-0.3, -0.25) is 14.8 Å². The van der Waals surface area contributed by atoms with Crippen LogP contribution in [0.5, 0.6) is 0 Å². The van der Waals surface area contributed by atoms with Crippen LogP contribution in [0, 0.1) is 0 Å². The minimum Gasteiger partial charge on any atom is -0.448 e. The Morgan fingerprint density at radius 1 is 0.500 bits per heavy atom. The Labute approximate surface area is 316 Å². The third kappa shape index (κ3) is 4.38. The summed E-state index contributed by atoms with van der Waals surface area (Å²) in [5.74, 6) is 1.47. The molecule has 0 unspecified atom stereocenters. The van der Waals surface area contributed by atoms with Gasteiger partial charge < -0.3 is 8.83 Å². The second kappa shape index (κ2) is 12.2. The summed E-state index contributed by atoms with van der Waals surface area (Å²) in [6.45, 7) is 0. The van der Waals surface area contributed by atoms with Crippen molar-refractivity contribution in [1.29, 1.82) is 0 Å². The lowest BCUT2D eigenvalue weighted by Gasteiger charge is -2.41. The van der Waals surface area contributed by atoms with Gasteiger partial charge in [-0.15, -0.1) is 0 Å². The van der Waals surface area contributed by atoms with Gasteiger partial charge >= 0.3 is 0 Å². The maximum atomic E-state index is 6.26. The zero-order valence-corrected chi connectivity index (χ0v) is 29.8. The van der Waals surface area contributed by atoms with Crippen molar-refractivity contribution in [2.24, 2.45) is 0 Å². The molecule has 0 amide bonds. The van der Waals surface area contributed by atoms with Gasteiger partial charge in [0.25, 0.3) is 0 Å². The first-order valence-electron chi connectivity index (χ1n) is 18.0. The average molecular weight is 714 g/mol. The number of fused-ring (bicyclic) bond motifs is 11. The number of hydrogen-bond donors (Lipinski definition) is 0. The molecular formula is C48H31N3O2S. The Hall–Kier alpha value is -6.76. The van der Waals surface area contributed by atoms with Crippen LogP contribution in [0.25, 0.3) is 22.0 Å². The molecule has 256 valence electrons. The Bertz CT molecular complexity index is 2770. The molecule has 1 spiro atoms. The summed E-state index contributed by atoms with van der Waals surface area (Å²) in [5, 5.41) is 1.03. The van der Waals surface area contributed by atoms with Crippen LogP contribution in [0.1, 0.15) is 22.3 Å². The minimum atomic E-state index is -0.731. The van der Waals surface area contributed by atoms with E-state index in [1.165, 1.54) is 32.0 Å². The van der Waals surface area contributed by atoms with Crippen molar-refractivity contribution in [3.8, 4) is 11.1 Å². The van der Waals surface area contributed by atoms with Crippen LogP contribution >= 0.6 is 11.8 Å². The van der Waals surface area contributed by atoms with Gasteiger partial charge in [0, 0.05) is 56.0 Å². The third-order valence-corrected chi connectivity index (χ3v) is 11.9. The smallest absolute Gasteiger partial charge is 0.204 e. The first-order chi connectivity index (χ1) is 26.8. The molecule has 9 aromatic rings. The zero-order valence-electron chi connectivity index (χ0n) is 29.0. The second-order valence-electron chi connectivity index (χ2n) is 13.5. The van der Waals surface area contributed by atoms with E-state index in [1.807, 2.05) is 54.4 Å². The third-order valence-electron chi connectivity index (χ3n) is 10.7. The largest absolute Gasteiger partial charge is 0.448 e. The van der Waals surface area contributed by atoms with Gasteiger partial charge in [-0.1, -0.05) is 96.7 Å². The van der Waals surface area contributed by atoms with Gasteiger partial charge in [0.1, 0.15) is 0 Å². The average Bonchev–Trinajstić information content (AvgIpc) is 4.02. The van der Waals surface area contributed by atoms with E-state index < -0.39 is 5.41 Å². The minimum absolute atomic E-state index is 0.727. The molecule has 1 aliphatic carbocycles. The SMILES string of the molecule is c1ccc(N(c2ccco2)c2cccc3c2C2(c4ccccc4Sc4ccccc42)c2cc(N(c4ccccc4)c4ccco4)c4cccnc4c2-3)cc1. The van der Waals surface area contributed by atoms with Crippen LogP contribution in [-0.4, -0.2) is 4.98 Å². The van der Waals surface area contributed by atoms with E-state index in [-0.39, 0.29) is 0 Å². The molecule has 6 aromatic carbocycles. The highest BCUT2D eigenvalue weighted by atomic mass is 32.2. The molecular weight excluding hydrogens is 683 g/mol. The number of hydrogen-bond acceptors (Lipinski definition) is 6. The van der Waals surface area contributed by atoms with E-state index >= 15 is 0 Å². The summed E-state index contributed by atoms with van der Waals surface area (Å²) >= 11 is 1.84. The van der Waals surface area contributed by atoms with Crippen LogP contribution in [0.3, 0.4) is 0 Å². The van der Waals surface area contributed by atoms with Gasteiger partial charge in [-0.25, -0.2) is 0 Å². The Balaban J connectivity index is 1.33. The fourth-order valence-corrected chi connectivity index (χ4v) is 9.91. The lowest BCUT2D eigenvalue weighted by Crippen LogP contribution is -2.33. The van der Waals surface area contributed by atoms with E-state index in [0.717, 1.165) is 56.5 Å². The first-order valence-corrected chi connectivity index (χ1v) is 18.8. The number of aromatic nitrogens is 1. The lowest BCUT2D eigenvalue weighted by molar-refractivity contribution is 0.573. The molecule has 54 heavy (non-hydrogen) atoms. The first kappa shape index (κ1) is 30.8. The number of anilines is 6. The van der Waals surface area contributed by atoms with E-state index in [9.17, 15) is 0 Å². The zero-order chi connectivity index (χ0) is 35.6. The number of pyridine rings is 1. The molecule has 0 radical (unpaired) electrons. The Morgan fingerprint density at radius 2 is 1.09 bits per heavy atom. The fraction of sp³-hybridized carbons (Fsp3) is 0.0208. The number of benzene rings is 6. The van der Waals surface area contributed by atoms with Crippen LogP contribution in [0.4, 0.5) is 34.5 Å². The van der Waals surface area contributed by atoms with E-state index in [4.69, 9.17) is 13.8 Å². The van der Waals surface area contributed by atoms with Gasteiger partial charge in [0.05, 0.1) is 34.8 Å². The molecule has 0 fully saturated rings. The van der Waals surface area contributed by atoms with Gasteiger partial charge in [-0.05, 0) is 95.1 Å². The van der Waals surface area contributed by atoms with Gasteiger partial charge in [0.2, 0.25) is 11.8 Å². The maximum absolute atomic E-state index is 6.26. The van der Waals surface area contributed by atoms with Gasteiger partial charge in [-0.2, -0.15) is 0 Å². The van der Waals surface area contributed by atoms with Crippen molar-refractivity contribution >= 4 is 57.2 Å². The number of rotatable bonds is 6. The quantitative estimate of drug-likeness (QED) is 0.171. The van der Waals surface area contributed by atoms with E-state index in [2.05, 4.69) is 143 Å². The molecule has 3 aromatic heterocycles. The molecule has 6 heteroatoms. The number of furan rings is 2. The van der Waals surface area contributed by atoms with E-state index in [0.29, 0.717) is 0 Å². The second-order valence-corrected chi connectivity index (χ2v) is 14.6. The van der Waals surface area contributed by atoms with Crippen molar-refractivity contribution in [3.63, 3.8) is 0 Å². The van der Waals surface area contributed by atoms with Crippen LogP contribution in [-0.2, 0) is 5.41 Å². The highest BCUT2D eigenvalue weighted by Crippen LogP contribution is 2.66. The molecule has 2 aliphatic rings. The molecule has 1 aliphatic heterocycles. The molecule has 0 N–H and O–H groups in total. The fourth-order valence-electron chi connectivity index (χ4n) is 8.71. The normalized spacial score (nSPS) is 13.3. The molecule has 11 rings (SSSR count). The number of para-hydroxylation sites is 2. The van der Waals surface area contributed by atoms with Crippen molar-refractivity contribution < 1.29 is 8.83 Å². The van der Waals surface area contributed by atoms with Crippen molar-refractivity contribution in [1.82, 2.24) is 4.98 Å². The summed E-state index contributed by atoms with van der Waals surface area (Å²) in [5.41, 5.74) is 11.3. The molecule has 0 saturated heterocycles. The Kier molecular flexibility index (Phi) is 6.94. The lowest BCUT2D eigenvalue weighted by atomic mass is 9.66. The van der Waals surface area contributed by atoms with Crippen molar-refractivity contribution in [2.45, 2.75) is 15.2 Å². The summed E-state index contributed by atoms with van der Waals surface area (Å²) in [6, 6.07) is 60.0. The number of nitrogens with zero attached hydrogens (tertiary/aromatic N) is 3. The molecule has 0 bridgehead atoms. The van der Waals surface area contributed by atoms with Crippen molar-refractivity contribution in [3.05, 3.63) is 211 Å². The summed E-state index contributed by atoms with van der Waals surface area (Å²) in [6.07, 6.45) is 5.40. The monoisotopic (exact) mass is 713 g/mol. The topological polar surface area (TPSA) is 45.7 Å². The Morgan fingerprint density at radius 3 is 1.70 bits per heavy atom.